The molecule has 0 bridgehead atoms. The standard InChI is InChI=1S/C12H10F3N3/c1-7-3-2-4-8(5-7)9-6-10(16)18-11(17-9)12(13,14)15/h2-6H,1H3,(H2,16,17,18). The topological polar surface area (TPSA) is 51.8 Å². The summed E-state index contributed by atoms with van der Waals surface area (Å²) in [4.78, 5) is 6.69. The number of nitrogens with two attached hydrogens (primary N) is 1. The van der Waals surface area contributed by atoms with Crippen LogP contribution in [0.25, 0.3) is 11.3 Å². The lowest BCUT2D eigenvalue weighted by Crippen LogP contribution is -2.13. The van der Waals surface area contributed by atoms with Crippen LogP contribution in [0.4, 0.5) is 19.0 Å². The van der Waals surface area contributed by atoms with Gasteiger partial charge in [0.05, 0.1) is 5.69 Å². The summed E-state index contributed by atoms with van der Waals surface area (Å²) >= 11 is 0. The highest BCUT2D eigenvalue weighted by atomic mass is 19.4. The molecule has 1 heterocycles. The number of anilines is 1. The maximum atomic E-state index is 12.6. The molecule has 0 atom stereocenters. The Morgan fingerprint density at radius 2 is 1.83 bits per heavy atom. The Bertz CT molecular complexity index is 579. The lowest BCUT2D eigenvalue weighted by Gasteiger charge is -2.08. The largest absolute Gasteiger partial charge is 0.451 e. The highest BCUT2D eigenvalue weighted by Gasteiger charge is 2.35. The second-order valence-electron chi connectivity index (χ2n) is 3.87. The number of rotatable bonds is 1. The van der Waals surface area contributed by atoms with E-state index in [4.69, 9.17) is 5.73 Å². The SMILES string of the molecule is Cc1cccc(-c2cc(N)nc(C(F)(F)F)n2)c1. The number of aryl methyl sites for hydroxylation is 1. The normalized spacial score (nSPS) is 11.6. The van der Waals surface area contributed by atoms with Crippen molar-refractivity contribution in [2.45, 2.75) is 13.1 Å². The van der Waals surface area contributed by atoms with E-state index >= 15 is 0 Å². The second kappa shape index (κ2) is 4.29. The predicted octanol–water partition coefficient (Wildman–Crippen LogP) is 3.05. The molecule has 1 aromatic heterocycles. The van der Waals surface area contributed by atoms with Gasteiger partial charge in [-0.3, -0.25) is 0 Å². The van der Waals surface area contributed by atoms with Gasteiger partial charge in [-0.25, -0.2) is 9.97 Å². The number of aromatic nitrogens is 2. The van der Waals surface area contributed by atoms with Crippen molar-refractivity contribution in [1.29, 1.82) is 0 Å². The summed E-state index contributed by atoms with van der Waals surface area (Å²) in [5.41, 5.74) is 7.05. The predicted molar refractivity (Wildman–Crippen MR) is 61.6 cm³/mol. The Kier molecular flexibility index (Phi) is 2.94. The van der Waals surface area contributed by atoms with Crippen molar-refractivity contribution in [3.63, 3.8) is 0 Å². The van der Waals surface area contributed by atoms with Gasteiger partial charge in [-0.05, 0) is 13.0 Å². The van der Waals surface area contributed by atoms with Crippen LogP contribution in [0.1, 0.15) is 11.4 Å². The van der Waals surface area contributed by atoms with E-state index in [2.05, 4.69) is 9.97 Å². The zero-order chi connectivity index (χ0) is 13.3. The third-order valence-corrected chi connectivity index (χ3v) is 2.31. The third kappa shape index (κ3) is 2.58. The maximum absolute atomic E-state index is 12.6. The van der Waals surface area contributed by atoms with Crippen molar-refractivity contribution in [3.05, 3.63) is 41.7 Å². The van der Waals surface area contributed by atoms with Gasteiger partial charge in [0.1, 0.15) is 5.82 Å². The molecule has 0 saturated carbocycles. The summed E-state index contributed by atoms with van der Waals surface area (Å²) in [5.74, 6) is -1.42. The summed E-state index contributed by atoms with van der Waals surface area (Å²) in [5, 5.41) is 0. The first kappa shape index (κ1) is 12.3. The Balaban J connectivity index is 2.55. The number of hydrogen-bond donors (Lipinski definition) is 1. The monoisotopic (exact) mass is 253 g/mol. The molecular weight excluding hydrogens is 243 g/mol. The third-order valence-electron chi connectivity index (χ3n) is 2.31. The molecular formula is C12H10F3N3. The first-order valence-corrected chi connectivity index (χ1v) is 5.15. The van der Waals surface area contributed by atoms with Crippen molar-refractivity contribution in [2.24, 2.45) is 0 Å². The van der Waals surface area contributed by atoms with E-state index in [-0.39, 0.29) is 11.5 Å². The van der Waals surface area contributed by atoms with Crippen LogP contribution < -0.4 is 5.73 Å². The first-order valence-electron chi connectivity index (χ1n) is 5.15. The summed E-state index contributed by atoms with van der Waals surface area (Å²) in [6.45, 7) is 1.85. The molecule has 6 heteroatoms. The molecule has 0 radical (unpaired) electrons. The van der Waals surface area contributed by atoms with Crippen LogP contribution in [0.3, 0.4) is 0 Å². The molecule has 0 aliphatic rings. The zero-order valence-corrected chi connectivity index (χ0v) is 9.49. The Hall–Kier alpha value is -2.11. The van der Waals surface area contributed by atoms with E-state index in [9.17, 15) is 13.2 Å². The molecule has 3 nitrogen and oxygen atoms in total. The lowest BCUT2D eigenvalue weighted by molar-refractivity contribution is -0.144. The van der Waals surface area contributed by atoms with Crippen LogP contribution in [0.2, 0.25) is 0 Å². The number of alkyl halides is 3. The van der Waals surface area contributed by atoms with Crippen LogP contribution in [-0.4, -0.2) is 9.97 Å². The average Bonchev–Trinajstić information content (AvgIpc) is 2.27. The Labute approximate surface area is 101 Å². The quantitative estimate of drug-likeness (QED) is 0.849. The molecule has 1 aromatic carbocycles. The fraction of sp³-hybridized carbons (Fsp3) is 0.167. The number of nitrogen functional groups attached to an aromatic ring is 1. The van der Waals surface area contributed by atoms with Gasteiger partial charge in [0.15, 0.2) is 0 Å². The molecule has 0 unspecified atom stereocenters. The smallest absolute Gasteiger partial charge is 0.384 e. The van der Waals surface area contributed by atoms with Gasteiger partial charge in [0.25, 0.3) is 0 Å². The molecule has 18 heavy (non-hydrogen) atoms. The number of hydrogen-bond acceptors (Lipinski definition) is 3. The Morgan fingerprint density at radius 1 is 1.11 bits per heavy atom. The van der Waals surface area contributed by atoms with E-state index in [1.807, 2.05) is 13.0 Å². The van der Waals surface area contributed by atoms with E-state index in [1.165, 1.54) is 6.07 Å². The lowest BCUT2D eigenvalue weighted by atomic mass is 10.1. The second-order valence-corrected chi connectivity index (χ2v) is 3.87. The number of benzene rings is 1. The molecule has 0 fully saturated rings. The number of nitrogens with zero attached hydrogens (tertiary/aromatic N) is 2. The summed E-state index contributed by atoms with van der Waals surface area (Å²) < 4.78 is 37.7. The summed E-state index contributed by atoms with van der Waals surface area (Å²) in [7, 11) is 0. The minimum Gasteiger partial charge on any atom is -0.384 e. The van der Waals surface area contributed by atoms with Crippen LogP contribution in [0.5, 0.6) is 0 Å². The van der Waals surface area contributed by atoms with Gasteiger partial charge >= 0.3 is 6.18 Å². The zero-order valence-electron chi connectivity index (χ0n) is 9.49. The van der Waals surface area contributed by atoms with E-state index < -0.39 is 12.0 Å². The molecule has 0 aliphatic carbocycles. The molecule has 0 spiro atoms. The molecule has 94 valence electrons. The molecule has 2 aromatic rings. The average molecular weight is 253 g/mol. The molecule has 2 rings (SSSR count). The van der Waals surface area contributed by atoms with Crippen LogP contribution in [0, 0.1) is 6.92 Å². The first-order chi connectivity index (χ1) is 8.36. The summed E-state index contributed by atoms with van der Waals surface area (Å²) in [6, 6.07) is 8.33. The van der Waals surface area contributed by atoms with Gasteiger partial charge < -0.3 is 5.73 Å². The van der Waals surface area contributed by atoms with Gasteiger partial charge in [-0.1, -0.05) is 23.8 Å². The van der Waals surface area contributed by atoms with Crippen molar-refractivity contribution < 1.29 is 13.2 Å². The summed E-state index contributed by atoms with van der Waals surface area (Å²) in [6.07, 6.45) is -4.60. The molecule has 0 aliphatic heterocycles. The van der Waals surface area contributed by atoms with Crippen molar-refractivity contribution in [2.75, 3.05) is 5.73 Å². The minimum atomic E-state index is -4.60. The number of halogens is 3. The highest BCUT2D eigenvalue weighted by molar-refractivity contribution is 5.62. The van der Waals surface area contributed by atoms with E-state index in [1.54, 1.807) is 18.2 Å². The molecule has 0 saturated heterocycles. The molecule has 2 N–H and O–H groups in total. The van der Waals surface area contributed by atoms with E-state index in [0.29, 0.717) is 5.56 Å². The van der Waals surface area contributed by atoms with Gasteiger partial charge in [0, 0.05) is 11.6 Å². The van der Waals surface area contributed by atoms with Crippen molar-refractivity contribution in [1.82, 2.24) is 9.97 Å². The van der Waals surface area contributed by atoms with Gasteiger partial charge in [0.2, 0.25) is 5.82 Å². The van der Waals surface area contributed by atoms with Crippen molar-refractivity contribution >= 4 is 5.82 Å². The fourth-order valence-corrected chi connectivity index (χ4v) is 1.55. The van der Waals surface area contributed by atoms with Crippen LogP contribution in [-0.2, 0) is 6.18 Å². The van der Waals surface area contributed by atoms with Crippen LogP contribution >= 0.6 is 0 Å². The van der Waals surface area contributed by atoms with Crippen LogP contribution in [0.15, 0.2) is 30.3 Å². The van der Waals surface area contributed by atoms with Gasteiger partial charge in [-0.2, -0.15) is 13.2 Å². The maximum Gasteiger partial charge on any atom is 0.451 e. The fourth-order valence-electron chi connectivity index (χ4n) is 1.55. The molecule has 0 amide bonds. The Morgan fingerprint density at radius 3 is 2.44 bits per heavy atom. The minimum absolute atomic E-state index is 0.165. The van der Waals surface area contributed by atoms with Gasteiger partial charge in [-0.15, -0.1) is 0 Å². The van der Waals surface area contributed by atoms with Crippen molar-refractivity contribution in [3.8, 4) is 11.3 Å². The van der Waals surface area contributed by atoms with E-state index in [0.717, 1.165) is 5.56 Å². The highest BCUT2D eigenvalue weighted by Crippen LogP contribution is 2.29.